The van der Waals surface area contributed by atoms with Crippen molar-refractivity contribution < 1.29 is 9.59 Å². The van der Waals surface area contributed by atoms with Crippen molar-refractivity contribution in [3.63, 3.8) is 0 Å². The monoisotopic (exact) mass is 601 g/mol. The van der Waals surface area contributed by atoms with Crippen LogP contribution in [0, 0.1) is 25.7 Å². The summed E-state index contributed by atoms with van der Waals surface area (Å²) in [7, 11) is 0. The van der Waals surface area contributed by atoms with E-state index >= 15 is 0 Å². The third-order valence-electron chi connectivity index (χ3n) is 10.7. The van der Waals surface area contributed by atoms with E-state index in [1.165, 1.54) is 49.5 Å². The minimum Gasteiger partial charge on any atom is -0.346 e. The van der Waals surface area contributed by atoms with Crippen LogP contribution in [0.3, 0.4) is 0 Å². The molecule has 4 fully saturated rings. The highest BCUT2D eigenvalue weighted by Crippen LogP contribution is 2.45. The third-order valence-corrected chi connectivity index (χ3v) is 12.1. The van der Waals surface area contributed by atoms with Gasteiger partial charge in [-0.2, -0.15) is 0 Å². The lowest BCUT2D eigenvalue weighted by atomic mass is 9.76. The Bertz CT molecular complexity index is 1480. The lowest BCUT2D eigenvalue weighted by Gasteiger charge is -2.35. The number of fused-ring (bicyclic) bond motifs is 3. The van der Waals surface area contributed by atoms with Crippen LogP contribution in [0.4, 0.5) is 0 Å². The van der Waals surface area contributed by atoms with Gasteiger partial charge in [0.05, 0.1) is 17.7 Å². The summed E-state index contributed by atoms with van der Waals surface area (Å²) in [6, 6.07) is 9.48. The number of nitrogens with one attached hydrogen (secondary N) is 2. The average Bonchev–Trinajstić information content (AvgIpc) is 3.81. The molecule has 1 amide bonds. The first-order valence-electron chi connectivity index (χ1n) is 16.4. The largest absolute Gasteiger partial charge is 0.346 e. The van der Waals surface area contributed by atoms with Crippen molar-refractivity contribution in [3.05, 3.63) is 45.8 Å². The van der Waals surface area contributed by atoms with Crippen molar-refractivity contribution in [2.24, 2.45) is 11.8 Å². The van der Waals surface area contributed by atoms with Gasteiger partial charge in [0, 0.05) is 73.6 Å². The topological polar surface area (TPSA) is 71.7 Å². The van der Waals surface area contributed by atoms with Crippen LogP contribution < -0.4 is 5.32 Å². The maximum absolute atomic E-state index is 14.0. The number of nitrogens with zero attached hydrogens (tertiary/aromatic N) is 3. The molecule has 8 heteroatoms. The van der Waals surface area contributed by atoms with Crippen molar-refractivity contribution in [2.45, 2.75) is 71.4 Å². The molecule has 2 N–H and O–H groups in total. The molecule has 1 saturated carbocycles. The summed E-state index contributed by atoms with van der Waals surface area (Å²) in [5, 5.41) is 4.85. The molecule has 1 aliphatic carbocycles. The van der Waals surface area contributed by atoms with E-state index in [4.69, 9.17) is 0 Å². The van der Waals surface area contributed by atoms with Crippen LogP contribution in [0.5, 0.6) is 0 Å². The van der Waals surface area contributed by atoms with Crippen molar-refractivity contribution >= 4 is 33.2 Å². The van der Waals surface area contributed by atoms with E-state index in [0.29, 0.717) is 30.2 Å². The van der Waals surface area contributed by atoms with Crippen LogP contribution in [0.15, 0.2) is 24.3 Å². The highest BCUT2D eigenvalue weighted by Gasteiger charge is 2.50. The number of H-pyrrole nitrogens is 1. The lowest BCUT2D eigenvalue weighted by Crippen LogP contribution is -2.49. The molecule has 2 aromatic heterocycles. The minimum absolute atomic E-state index is 0.148. The molecule has 1 aromatic carbocycles. The molecular weight excluding hydrogens is 554 g/mol. The van der Waals surface area contributed by atoms with Gasteiger partial charge in [0.25, 0.3) is 0 Å². The predicted octanol–water partition coefficient (Wildman–Crippen LogP) is 5.10. The van der Waals surface area contributed by atoms with E-state index in [-0.39, 0.29) is 5.92 Å². The van der Waals surface area contributed by atoms with Gasteiger partial charge in [0.2, 0.25) is 5.91 Å². The molecule has 5 heterocycles. The Morgan fingerprint density at radius 3 is 2.26 bits per heavy atom. The first-order chi connectivity index (χ1) is 20.7. The minimum atomic E-state index is -0.507. The van der Waals surface area contributed by atoms with Crippen molar-refractivity contribution in [1.29, 1.82) is 0 Å². The van der Waals surface area contributed by atoms with Crippen molar-refractivity contribution in [1.82, 2.24) is 25.0 Å². The van der Waals surface area contributed by atoms with Gasteiger partial charge in [-0.25, -0.2) is 0 Å². The molecule has 3 atom stereocenters. The number of rotatable bonds is 8. The fourth-order valence-electron chi connectivity index (χ4n) is 8.23. The zero-order chi connectivity index (χ0) is 29.9. The molecule has 0 spiro atoms. The number of aromatic amines is 1. The fraction of sp³-hybridized carbons (Fsp3) is 0.600. The van der Waals surface area contributed by atoms with Crippen molar-refractivity contribution in [3.8, 4) is 11.3 Å². The third kappa shape index (κ3) is 5.49. The average molecular weight is 602 g/mol. The van der Waals surface area contributed by atoms with Gasteiger partial charge >= 0.3 is 0 Å². The Hall–Kier alpha value is -2.52. The zero-order valence-electron chi connectivity index (χ0n) is 26.3. The SMILES string of the molecule is Cc1cc(C)cc(-c2[nH]c3sc(C(C)(C)C(=O)C4C5CCC4NC5)cc3c2CN2CCN(CC(=O)N3CCCC3)CC2)c1. The molecule has 2 bridgehead atoms. The normalized spacial score (nSPS) is 24.9. The van der Waals surface area contributed by atoms with Crippen LogP contribution in [0.25, 0.3) is 21.5 Å². The Morgan fingerprint density at radius 2 is 1.63 bits per heavy atom. The Labute approximate surface area is 260 Å². The Balaban J connectivity index is 1.15. The zero-order valence-corrected chi connectivity index (χ0v) is 27.1. The number of carbonyl (C=O) groups excluding carboxylic acids is 2. The molecule has 4 aliphatic rings. The summed E-state index contributed by atoms with van der Waals surface area (Å²) < 4.78 is 0. The van der Waals surface area contributed by atoms with Gasteiger partial charge in [-0.15, -0.1) is 11.3 Å². The second kappa shape index (κ2) is 11.4. The van der Waals surface area contributed by atoms with Crippen LogP contribution in [0.2, 0.25) is 0 Å². The quantitative estimate of drug-likeness (QED) is 0.376. The number of likely N-dealkylation sites (tertiary alicyclic amines) is 1. The lowest BCUT2D eigenvalue weighted by molar-refractivity contribution is -0.131. The van der Waals surface area contributed by atoms with E-state index in [9.17, 15) is 9.59 Å². The van der Waals surface area contributed by atoms with Crippen molar-refractivity contribution in [2.75, 3.05) is 52.4 Å². The first-order valence-corrected chi connectivity index (χ1v) is 17.2. The van der Waals surface area contributed by atoms with Gasteiger partial charge in [-0.1, -0.05) is 17.2 Å². The molecular formula is C35H47N5O2S. The number of carbonyl (C=O) groups is 2. The van der Waals surface area contributed by atoms with E-state index in [1.54, 1.807) is 11.3 Å². The summed E-state index contributed by atoms with van der Waals surface area (Å²) >= 11 is 1.77. The maximum Gasteiger partial charge on any atom is 0.236 e. The molecule has 3 unspecified atom stereocenters. The number of amides is 1. The molecule has 3 aliphatic heterocycles. The number of hydrogen-bond donors (Lipinski definition) is 2. The van der Waals surface area contributed by atoms with Gasteiger partial charge < -0.3 is 15.2 Å². The van der Waals surface area contributed by atoms with E-state index < -0.39 is 5.41 Å². The number of hydrogen-bond acceptors (Lipinski definition) is 6. The number of piperazine rings is 1. The second-order valence-electron chi connectivity index (χ2n) is 14.2. The molecule has 7 rings (SSSR count). The summed E-state index contributed by atoms with van der Waals surface area (Å²) in [6.07, 6.45) is 4.59. The number of thiophene rings is 1. The van der Waals surface area contributed by atoms with Gasteiger partial charge in [0.15, 0.2) is 0 Å². The molecule has 0 radical (unpaired) electrons. The number of piperidine rings is 1. The Kier molecular flexibility index (Phi) is 7.77. The highest BCUT2D eigenvalue weighted by molar-refractivity contribution is 7.19. The Morgan fingerprint density at radius 1 is 0.930 bits per heavy atom. The fourth-order valence-corrected chi connectivity index (χ4v) is 9.43. The van der Waals surface area contributed by atoms with Gasteiger partial charge in [0.1, 0.15) is 10.6 Å². The standard InChI is InChI=1S/C35H47N5O2S/c1-22-15-23(2)17-25(16-22)32-27(20-38-11-13-39(14-12-38)21-30(41)40-9-5-6-10-40)26-18-29(43-34(26)37-32)35(3,4)33(42)31-24-7-8-28(31)36-19-24/h15-18,24,28,31,36-37H,5-14,19-21H2,1-4H3. The van der Waals surface area contributed by atoms with Crippen LogP contribution in [-0.2, 0) is 21.5 Å². The van der Waals surface area contributed by atoms with Crippen LogP contribution >= 0.6 is 11.3 Å². The van der Waals surface area contributed by atoms with E-state index in [2.05, 4.69) is 72.1 Å². The molecule has 3 aromatic rings. The second-order valence-corrected chi connectivity index (χ2v) is 15.3. The van der Waals surface area contributed by atoms with Crippen LogP contribution in [0.1, 0.15) is 61.1 Å². The maximum atomic E-state index is 14.0. The number of aryl methyl sites for hydroxylation is 2. The predicted molar refractivity (Wildman–Crippen MR) is 175 cm³/mol. The summed E-state index contributed by atoms with van der Waals surface area (Å²) in [5.74, 6) is 1.34. The molecule has 43 heavy (non-hydrogen) atoms. The molecule has 230 valence electrons. The number of benzene rings is 1. The van der Waals surface area contributed by atoms with Gasteiger partial charge in [-0.05, 0) is 89.6 Å². The number of aromatic nitrogens is 1. The molecule has 7 nitrogen and oxygen atoms in total. The number of Topliss-reactive ketones (excluding diaryl/α,β-unsaturated/α-hetero) is 1. The van der Waals surface area contributed by atoms with E-state index in [0.717, 1.165) is 71.6 Å². The van der Waals surface area contributed by atoms with Gasteiger partial charge in [-0.3, -0.25) is 19.4 Å². The molecule has 3 saturated heterocycles. The smallest absolute Gasteiger partial charge is 0.236 e. The first kappa shape index (κ1) is 29.2. The summed E-state index contributed by atoms with van der Waals surface area (Å²) in [5.41, 5.74) is 5.79. The summed E-state index contributed by atoms with van der Waals surface area (Å²) in [4.78, 5) is 39.8. The summed E-state index contributed by atoms with van der Waals surface area (Å²) in [6.45, 7) is 16.6. The van der Waals surface area contributed by atoms with Crippen LogP contribution in [-0.4, -0.2) is 89.8 Å². The van der Waals surface area contributed by atoms with E-state index in [1.807, 2.05) is 4.90 Å². The highest BCUT2D eigenvalue weighted by atomic mass is 32.1. The number of ketones is 1.